The van der Waals surface area contributed by atoms with Gasteiger partial charge < -0.3 is 5.32 Å². The standard InChI is InChI=1S/C10H7BrClNO/c1-2-4-9(14)13-8-6-3-5-7(12)10(8)11/h1,3,5-6H,4H2,(H,13,14). The molecule has 0 radical (unpaired) electrons. The molecule has 0 aliphatic carbocycles. The zero-order valence-corrected chi connectivity index (χ0v) is 9.52. The van der Waals surface area contributed by atoms with E-state index in [4.69, 9.17) is 18.0 Å². The van der Waals surface area contributed by atoms with E-state index in [1.807, 2.05) is 0 Å². The first-order valence-corrected chi connectivity index (χ1v) is 4.99. The van der Waals surface area contributed by atoms with Crippen molar-refractivity contribution in [3.8, 4) is 12.3 Å². The molecule has 1 N–H and O–H groups in total. The summed E-state index contributed by atoms with van der Waals surface area (Å²) >= 11 is 9.10. The number of hydrogen-bond acceptors (Lipinski definition) is 1. The van der Waals surface area contributed by atoms with Gasteiger partial charge in [0, 0.05) is 0 Å². The third-order valence-electron chi connectivity index (χ3n) is 1.49. The van der Waals surface area contributed by atoms with Crippen LogP contribution in [0.25, 0.3) is 0 Å². The zero-order valence-electron chi connectivity index (χ0n) is 7.18. The van der Waals surface area contributed by atoms with Gasteiger partial charge in [-0.3, -0.25) is 4.79 Å². The average Bonchev–Trinajstić information content (AvgIpc) is 2.13. The highest BCUT2D eigenvalue weighted by molar-refractivity contribution is 9.10. The molecule has 72 valence electrons. The summed E-state index contributed by atoms with van der Waals surface area (Å²) in [4.78, 5) is 11.2. The second kappa shape index (κ2) is 5.04. The van der Waals surface area contributed by atoms with Gasteiger partial charge in [-0.25, -0.2) is 0 Å². The molecule has 0 saturated heterocycles. The van der Waals surface area contributed by atoms with Crippen LogP contribution in [0.1, 0.15) is 6.42 Å². The van der Waals surface area contributed by atoms with Crippen LogP contribution in [0.2, 0.25) is 5.02 Å². The quantitative estimate of drug-likeness (QED) is 0.824. The number of benzene rings is 1. The number of nitrogens with one attached hydrogen (secondary N) is 1. The Kier molecular flexibility index (Phi) is 3.99. The van der Waals surface area contributed by atoms with Gasteiger partial charge in [-0.05, 0) is 28.1 Å². The van der Waals surface area contributed by atoms with Crippen molar-refractivity contribution >= 4 is 39.1 Å². The first kappa shape index (κ1) is 11.1. The van der Waals surface area contributed by atoms with E-state index >= 15 is 0 Å². The van der Waals surface area contributed by atoms with Gasteiger partial charge in [-0.2, -0.15) is 0 Å². The lowest BCUT2D eigenvalue weighted by Gasteiger charge is -2.06. The van der Waals surface area contributed by atoms with Crippen LogP contribution >= 0.6 is 27.5 Å². The molecule has 0 heterocycles. The van der Waals surface area contributed by atoms with Crippen LogP contribution in [0, 0.1) is 12.3 Å². The number of anilines is 1. The van der Waals surface area contributed by atoms with Crippen LogP contribution in [-0.4, -0.2) is 5.91 Å². The predicted molar refractivity (Wildman–Crippen MR) is 61.2 cm³/mol. The number of amides is 1. The fourth-order valence-electron chi connectivity index (χ4n) is 0.887. The predicted octanol–water partition coefficient (Wildman–Crippen LogP) is 3.06. The van der Waals surface area contributed by atoms with Gasteiger partial charge in [-0.15, -0.1) is 6.42 Å². The minimum Gasteiger partial charge on any atom is -0.324 e. The lowest BCUT2D eigenvalue weighted by atomic mass is 10.3. The van der Waals surface area contributed by atoms with Crippen molar-refractivity contribution in [1.29, 1.82) is 0 Å². The smallest absolute Gasteiger partial charge is 0.236 e. The number of hydrogen-bond donors (Lipinski definition) is 1. The maximum Gasteiger partial charge on any atom is 0.236 e. The molecule has 1 aromatic carbocycles. The van der Waals surface area contributed by atoms with Crippen LogP contribution in [0.5, 0.6) is 0 Å². The zero-order chi connectivity index (χ0) is 10.6. The van der Waals surface area contributed by atoms with E-state index in [0.29, 0.717) is 15.2 Å². The molecule has 1 aromatic rings. The third kappa shape index (κ3) is 2.76. The van der Waals surface area contributed by atoms with E-state index in [2.05, 4.69) is 27.2 Å². The molecule has 0 saturated carbocycles. The van der Waals surface area contributed by atoms with Gasteiger partial charge in [0.1, 0.15) is 0 Å². The molecule has 2 nitrogen and oxygen atoms in total. The van der Waals surface area contributed by atoms with E-state index in [0.717, 1.165) is 0 Å². The van der Waals surface area contributed by atoms with Gasteiger partial charge in [0.2, 0.25) is 5.91 Å². The summed E-state index contributed by atoms with van der Waals surface area (Å²) in [6.07, 6.45) is 5.06. The number of carbonyl (C=O) groups is 1. The van der Waals surface area contributed by atoms with Crippen LogP contribution < -0.4 is 5.32 Å². The summed E-state index contributed by atoms with van der Waals surface area (Å²) in [7, 11) is 0. The number of terminal acetylenes is 1. The van der Waals surface area contributed by atoms with Crippen LogP contribution in [0.4, 0.5) is 5.69 Å². The Balaban J connectivity index is 2.83. The van der Waals surface area contributed by atoms with Crippen molar-refractivity contribution < 1.29 is 4.79 Å². The summed E-state index contributed by atoms with van der Waals surface area (Å²) in [5, 5.41) is 3.18. The fraction of sp³-hybridized carbons (Fsp3) is 0.100. The summed E-state index contributed by atoms with van der Waals surface area (Å²) in [5.74, 6) is 2.04. The first-order valence-electron chi connectivity index (χ1n) is 3.82. The summed E-state index contributed by atoms with van der Waals surface area (Å²) in [6, 6.07) is 5.21. The highest BCUT2D eigenvalue weighted by atomic mass is 79.9. The van der Waals surface area contributed by atoms with E-state index in [9.17, 15) is 4.79 Å². The van der Waals surface area contributed by atoms with Crippen LogP contribution in [0.3, 0.4) is 0 Å². The molecule has 0 atom stereocenters. The van der Waals surface area contributed by atoms with Crippen molar-refractivity contribution in [2.75, 3.05) is 5.32 Å². The van der Waals surface area contributed by atoms with Gasteiger partial charge >= 0.3 is 0 Å². The molecular formula is C10H7BrClNO. The van der Waals surface area contributed by atoms with Gasteiger partial charge in [0.15, 0.2) is 0 Å². The molecule has 0 aliphatic heterocycles. The molecule has 4 heteroatoms. The Morgan fingerprint density at radius 2 is 2.36 bits per heavy atom. The van der Waals surface area contributed by atoms with Crippen molar-refractivity contribution in [1.82, 2.24) is 0 Å². The normalized spacial score (nSPS) is 9.21. The summed E-state index contributed by atoms with van der Waals surface area (Å²) in [5.41, 5.74) is 0.623. The second-order valence-electron chi connectivity index (χ2n) is 2.53. The van der Waals surface area contributed by atoms with Gasteiger partial charge in [0.25, 0.3) is 0 Å². The SMILES string of the molecule is C#CCC(=O)Nc1cccc(Cl)c1Br. The molecule has 1 amide bonds. The first-order chi connectivity index (χ1) is 6.65. The van der Waals surface area contributed by atoms with Crippen LogP contribution in [-0.2, 0) is 4.79 Å². The van der Waals surface area contributed by atoms with Crippen LogP contribution in [0.15, 0.2) is 22.7 Å². The lowest BCUT2D eigenvalue weighted by Crippen LogP contribution is -2.10. The minimum atomic E-state index is -0.226. The molecular weight excluding hydrogens is 265 g/mol. The fourth-order valence-corrected chi connectivity index (χ4v) is 1.43. The monoisotopic (exact) mass is 271 g/mol. The number of carbonyl (C=O) groups excluding carboxylic acids is 1. The molecule has 0 fully saturated rings. The van der Waals surface area contributed by atoms with Gasteiger partial charge in [0.05, 0.1) is 21.6 Å². The average molecular weight is 273 g/mol. The minimum absolute atomic E-state index is 0.0545. The Hall–Kier alpha value is -0.980. The maximum absolute atomic E-state index is 11.2. The maximum atomic E-state index is 11.2. The van der Waals surface area contributed by atoms with Crippen molar-refractivity contribution in [2.24, 2.45) is 0 Å². The Morgan fingerprint density at radius 1 is 1.64 bits per heavy atom. The molecule has 0 spiro atoms. The Bertz CT molecular complexity index is 398. The molecule has 0 unspecified atom stereocenters. The molecule has 1 rings (SSSR count). The highest BCUT2D eigenvalue weighted by Crippen LogP contribution is 2.29. The van der Waals surface area contributed by atoms with Crippen molar-refractivity contribution in [3.05, 3.63) is 27.7 Å². The molecule has 0 bridgehead atoms. The molecule has 0 aromatic heterocycles. The number of halogens is 2. The van der Waals surface area contributed by atoms with Gasteiger partial charge in [-0.1, -0.05) is 23.6 Å². The summed E-state index contributed by atoms with van der Waals surface area (Å²) in [6.45, 7) is 0. The molecule has 0 aliphatic rings. The Morgan fingerprint density at radius 3 is 3.00 bits per heavy atom. The largest absolute Gasteiger partial charge is 0.324 e. The van der Waals surface area contributed by atoms with E-state index in [1.165, 1.54) is 0 Å². The van der Waals surface area contributed by atoms with E-state index in [1.54, 1.807) is 18.2 Å². The van der Waals surface area contributed by atoms with E-state index < -0.39 is 0 Å². The third-order valence-corrected chi connectivity index (χ3v) is 2.89. The van der Waals surface area contributed by atoms with Crippen molar-refractivity contribution in [2.45, 2.75) is 6.42 Å². The topological polar surface area (TPSA) is 29.1 Å². The molecule has 14 heavy (non-hydrogen) atoms. The highest BCUT2D eigenvalue weighted by Gasteiger charge is 2.06. The van der Waals surface area contributed by atoms with Crippen molar-refractivity contribution in [3.63, 3.8) is 0 Å². The Labute approximate surface area is 95.8 Å². The lowest BCUT2D eigenvalue weighted by molar-refractivity contribution is -0.115. The van der Waals surface area contributed by atoms with E-state index in [-0.39, 0.29) is 12.3 Å². The second-order valence-corrected chi connectivity index (χ2v) is 3.73. The summed E-state index contributed by atoms with van der Waals surface area (Å²) < 4.78 is 0.659. The number of rotatable bonds is 2.